The molecule has 1 aromatic carbocycles. The van der Waals surface area contributed by atoms with Gasteiger partial charge in [-0.2, -0.15) is 0 Å². The minimum absolute atomic E-state index is 0.166. The Balaban J connectivity index is 2.78. The first-order valence-electron chi connectivity index (χ1n) is 6.30. The molecule has 4 heteroatoms. The number of carboxylic acid groups (broad SMARTS) is 1. The molecule has 0 radical (unpaired) electrons. The van der Waals surface area contributed by atoms with E-state index >= 15 is 0 Å². The maximum atomic E-state index is 10.8. The van der Waals surface area contributed by atoms with Crippen LogP contribution in [0, 0.1) is 5.41 Å². The van der Waals surface area contributed by atoms with Gasteiger partial charge in [-0.15, -0.1) is 0 Å². The number of ether oxygens (including phenoxy) is 2. The molecule has 1 aromatic rings. The zero-order valence-corrected chi connectivity index (χ0v) is 12.0. The number of rotatable bonds is 7. The van der Waals surface area contributed by atoms with Crippen molar-refractivity contribution >= 4 is 5.97 Å². The number of carbonyl (C=O) groups is 1. The molecular weight excluding hydrogens is 244 g/mol. The Labute approximate surface area is 114 Å². The van der Waals surface area contributed by atoms with Gasteiger partial charge in [0.25, 0.3) is 0 Å². The van der Waals surface area contributed by atoms with Crippen LogP contribution in [0.15, 0.2) is 18.2 Å². The van der Waals surface area contributed by atoms with Crippen LogP contribution >= 0.6 is 0 Å². The SMILES string of the molecule is COc1ccc(OC)c(CCC(C)(C)CC(=O)O)c1. The number of hydrogen-bond donors (Lipinski definition) is 1. The molecule has 1 rings (SSSR count). The molecule has 0 atom stereocenters. The molecule has 0 spiro atoms. The van der Waals surface area contributed by atoms with E-state index in [1.165, 1.54) is 0 Å². The number of aliphatic carboxylic acids is 1. The average Bonchev–Trinajstić information content (AvgIpc) is 2.34. The van der Waals surface area contributed by atoms with Crippen LogP contribution in [0.3, 0.4) is 0 Å². The lowest BCUT2D eigenvalue weighted by molar-refractivity contribution is -0.139. The molecule has 0 aliphatic rings. The van der Waals surface area contributed by atoms with Gasteiger partial charge in [-0.25, -0.2) is 0 Å². The van der Waals surface area contributed by atoms with Gasteiger partial charge in [0.1, 0.15) is 11.5 Å². The summed E-state index contributed by atoms with van der Waals surface area (Å²) in [5.41, 5.74) is 0.806. The van der Waals surface area contributed by atoms with Crippen LogP contribution in [-0.4, -0.2) is 25.3 Å². The first kappa shape index (κ1) is 15.3. The number of aryl methyl sites for hydroxylation is 1. The summed E-state index contributed by atoms with van der Waals surface area (Å²) in [4.78, 5) is 10.8. The summed E-state index contributed by atoms with van der Waals surface area (Å²) in [6.45, 7) is 3.93. The van der Waals surface area contributed by atoms with Crippen LogP contribution in [0.5, 0.6) is 11.5 Å². The lowest BCUT2D eigenvalue weighted by Crippen LogP contribution is -2.17. The second kappa shape index (κ2) is 6.45. The van der Waals surface area contributed by atoms with Gasteiger partial charge >= 0.3 is 5.97 Å². The van der Waals surface area contributed by atoms with E-state index in [9.17, 15) is 4.79 Å². The van der Waals surface area contributed by atoms with E-state index in [0.29, 0.717) is 0 Å². The number of benzene rings is 1. The van der Waals surface area contributed by atoms with Gasteiger partial charge in [0, 0.05) is 0 Å². The van der Waals surface area contributed by atoms with Crippen LogP contribution in [0.1, 0.15) is 32.3 Å². The summed E-state index contributed by atoms with van der Waals surface area (Å²) in [7, 11) is 3.26. The molecule has 4 nitrogen and oxygen atoms in total. The quantitative estimate of drug-likeness (QED) is 0.823. The van der Waals surface area contributed by atoms with Crippen LogP contribution in [0.2, 0.25) is 0 Å². The van der Waals surface area contributed by atoms with E-state index < -0.39 is 5.97 Å². The predicted molar refractivity (Wildman–Crippen MR) is 73.9 cm³/mol. The van der Waals surface area contributed by atoms with Gasteiger partial charge in [0.05, 0.1) is 20.6 Å². The van der Waals surface area contributed by atoms with Crippen molar-refractivity contribution in [2.45, 2.75) is 33.1 Å². The Bertz CT molecular complexity index is 438. The number of hydrogen-bond acceptors (Lipinski definition) is 3. The van der Waals surface area contributed by atoms with Gasteiger partial charge in [0.2, 0.25) is 0 Å². The molecule has 0 aromatic heterocycles. The molecule has 0 heterocycles. The van der Waals surface area contributed by atoms with E-state index in [-0.39, 0.29) is 11.8 Å². The van der Waals surface area contributed by atoms with Crippen LogP contribution < -0.4 is 9.47 Å². The van der Waals surface area contributed by atoms with Crippen molar-refractivity contribution in [3.63, 3.8) is 0 Å². The molecule has 0 amide bonds. The molecule has 19 heavy (non-hydrogen) atoms. The third-order valence-corrected chi connectivity index (χ3v) is 3.19. The minimum atomic E-state index is -0.761. The second-order valence-corrected chi connectivity index (χ2v) is 5.41. The molecule has 0 aliphatic carbocycles. The first-order valence-corrected chi connectivity index (χ1v) is 6.30. The Morgan fingerprint density at radius 3 is 2.47 bits per heavy atom. The highest BCUT2D eigenvalue weighted by Crippen LogP contribution is 2.31. The topological polar surface area (TPSA) is 55.8 Å². The van der Waals surface area contributed by atoms with E-state index in [1.54, 1.807) is 14.2 Å². The summed E-state index contributed by atoms with van der Waals surface area (Å²) < 4.78 is 10.5. The van der Waals surface area contributed by atoms with Crippen molar-refractivity contribution in [3.8, 4) is 11.5 Å². The monoisotopic (exact) mass is 266 g/mol. The fraction of sp³-hybridized carbons (Fsp3) is 0.533. The lowest BCUT2D eigenvalue weighted by atomic mass is 9.83. The van der Waals surface area contributed by atoms with Gasteiger partial charge in [-0.05, 0) is 42.0 Å². The van der Waals surface area contributed by atoms with Crippen molar-refractivity contribution in [1.82, 2.24) is 0 Å². The summed E-state index contributed by atoms with van der Waals surface area (Å²) in [5.74, 6) is 0.835. The molecule has 0 saturated heterocycles. The van der Waals surface area contributed by atoms with Crippen molar-refractivity contribution < 1.29 is 19.4 Å². The highest BCUT2D eigenvalue weighted by atomic mass is 16.5. The molecule has 0 saturated carbocycles. The fourth-order valence-corrected chi connectivity index (χ4v) is 2.05. The van der Waals surface area contributed by atoms with E-state index in [4.69, 9.17) is 14.6 Å². The molecule has 1 N–H and O–H groups in total. The largest absolute Gasteiger partial charge is 0.497 e. The van der Waals surface area contributed by atoms with E-state index in [2.05, 4.69) is 0 Å². The number of carboxylic acids is 1. The first-order chi connectivity index (χ1) is 8.88. The minimum Gasteiger partial charge on any atom is -0.497 e. The van der Waals surface area contributed by atoms with Crippen LogP contribution in [0.4, 0.5) is 0 Å². The molecule has 0 unspecified atom stereocenters. The van der Waals surface area contributed by atoms with Crippen molar-refractivity contribution in [1.29, 1.82) is 0 Å². The zero-order chi connectivity index (χ0) is 14.5. The van der Waals surface area contributed by atoms with Crippen molar-refractivity contribution in [2.24, 2.45) is 5.41 Å². The summed E-state index contributed by atoms with van der Waals surface area (Å²) in [6, 6.07) is 5.67. The third kappa shape index (κ3) is 4.81. The van der Waals surface area contributed by atoms with Gasteiger partial charge in [-0.1, -0.05) is 13.8 Å². The normalized spacial score (nSPS) is 11.2. The zero-order valence-electron chi connectivity index (χ0n) is 12.0. The molecule has 106 valence electrons. The van der Waals surface area contributed by atoms with Crippen LogP contribution in [-0.2, 0) is 11.2 Å². The summed E-state index contributed by atoms with van der Waals surface area (Å²) in [5, 5.41) is 8.88. The van der Waals surface area contributed by atoms with E-state index in [1.807, 2.05) is 32.0 Å². The van der Waals surface area contributed by atoms with Gasteiger partial charge in [0.15, 0.2) is 0 Å². The Kier molecular flexibility index (Phi) is 5.21. The second-order valence-electron chi connectivity index (χ2n) is 5.41. The molecular formula is C15H22O4. The Hall–Kier alpha value is -1.71. The lowest BCUT2D eigenvalue weighted by Gasteiger charge is -2.22. The maximum absolute atomic E-state index is 10.8. The highest BCUT2D eigenvalue weighted by molar-refractivity contribution is 5.67. The predicted octanol–water partition coefficient (Wildman–Crippen LogP) is 3.14. The summed E-state index contributed by atoms with van der Waals surface area (Å²) in [6.07, 6.45) is 1.71. The smallest absolute Gasteiger partial charge is 0.303 e. The standard InChI is InChI=1S/C15H22O4/c1-15(2,10-14(16)17)8-7-11-9-12(18-3)5-6-13(11)19-4/h5-6,9H,7-8,10H2,1-4H3,(H,16,17). The molecule has 0 fully saturated rings. The molecule has 0 bridgehead atoms. The Morgan fingerprint density at radius 1 is 1.26 bits per heavy atom. The Morgan fingerprint density at radius 2 is 1.95 bits per heavy atom. The summed E-state index contributed by atoms with van der Waals surface area (Å²) >= 11 is 0. The average molecular weight is 266 g/mol. The van der Waals surface area contributed by atoms with E-state index in [0.717, 1.165) is 29.9 Å². The highest BCUT2D eigenvalue weighted by Gasteiger charge is 2.22. The van der Waals surface area contributed by atoms with Gasteiger partial charge < -0.3 is 14.6 Å². The van der Waals surface area contributed by atoms with Crippen molar-refractivity contribution in [2.75, 3.05) is 14.2 Å². The number of methoxy groups -OCH3 is 2. The molecule has 0 aliphatic heterocycles. The maximum Gasteiger partial charge on any atom is 0.303 e. The third-order valence-electron chi connectivity index (χ3n) is 3.19. The van der Waals surface area contributed by atoms with Crippen LogP contribution in [0.25, 0.3) is 0 Å². The van der Waals surface area contributed by atoms with Crippen molar-refractivity contribution in [3.05, 3.63) is 23.8 Å². The fourth-order valence-electron chi connectivity index (χ4n) is 2.05. The van der Waals surface area contributed by atoms with Gasteiger partial charge in [-0.3, -0.25) is 4.79 Å².